The van der Waals surface area contributed by atoms with Crippen LogP contribution in [0.2, 0.25) is 0 Å². The fraction of sp³-hybridized carbons (Fsp3) is 0.0769. The fourth-order valence-corrected chi connectivity index (χ4v) is 2.51. The summed E-state index contributed by atoms with van der Waals surface area (Å²) in [7, 11) is 0. The van der Waals surface area contributed by atoms with Gasteiger partial charge in [-0.25, -0.2) is 4.39 Å². The van der Waals surface area contributed by atoms with Crippen molar-refractivity contribution in [3.63, 3.8) is 0 Å². The first-order valence-electron chi connectivity index (χ1n) is 4.85. The molecule has 2 aromatic rings. The third-order valence-electron chi connectivity index (χ3n) is 2.11. The highest BCUT2D eigenvalue weighted by Crippen LogP contribution is 2.28. The maximum absolute atomic E-state index is 12.7. The van der Waals surface area contributed by atoms with Gasteiger partial charge in [0, 0.05) is 14.7 Å². The van der Waals surface area contributed by atoms with Crippen molar-refractivity contribution in [2.24, 2.45) is 0 Å². The van der Waals surface area contributed by atoms with Crippen LogP contribution in [0.4, 0.5) is 4.39 Å². The summed E-state index contributed by atoms with van der Waals surface area (Å²) in [5.74, 6) is -0.193. The largest absolute Gasteiger partial charge is 0.207 e. The van der Waals surface area contributed by atoms with Crippen LogP contribution in [0.3, 0.4) is 0 Å². The maximum Gasteiger partial charge on any atom is 0.123 e. The molecular formula is C13H11FS2. The van der Waals surface area contributed by atoms with E-state index in [1.165, 1.54) is 21.9 Å². The first-order chi connectivity index (χ1) is 7.78. The number of halogens is 1. The van der Waals surface area contributed by atoms with Crippen LogP contribution in [0.1, 0.15) is 0 Å². The van der Waals surface area contributed by atoms with Crippen molar-refractivity contribution in [3.8, 4) is 0 Å². The van der Waals surface area contributed by atoms with Crippen LogP contribution in [0.25, 0.3) is 0 Å². The minimum Gasteiger partial charge on any atom is -0.207 e. The monoisotopic (exact) mass is 250 g/mol. The summed E-state index contributed by atoms with van der Waals surface area (Å²) >= 11 is 3.37. The third kappa shape index (κ3) is 3.03. The molecule has 0 radical (unpaired) electrons. The van der Waals surface area contributed by atoms with Gasteiger partial charge in [0.2, 0.25) is 0 Å². The lowest BCUT2D eigenvalue weighted by molar-refractivity contribution is 0.626. The molecule has 0 amide bonds. The standard InChI is InChI=1S/C13H11FS2/c1-15-11-6-8-13(9-7-11)16-12-4-2-10(14)3-5-12/h2-9H,1H3. The van der Waals surface area contributed by atoms with Gasteiger partial charge in [-0.3, -0.25) is 0 Å². The molecule has 3 heteroatoms. The Bertz CT molecular complexity index is 448. The minimum absolute atomic E-state index is 0.193. The number of rotatable bonds is 3. The highest BCUT2D eigenvalue weighted by atomic mass is 32.2. The van der Waals surface area contributed by atoms with Crippen molar-refractivity contribution < 1.29 is 4.39 Å². The smallest absolute Gasteiger partial charge is 0.123 e. The van der Waals surface area contributed by atoms with E-state index in [1.54, 1.807) is 35.7 Å². The van der Waals surface area contributed by atoms with Crippen molar-refractivity contribution in [3.05, 3.63) is 54.3 Å². The van der Waals surface area contributed by atoms with Gasteiger partial charge < -0.3 is 0 Å². The average Bonchev–Trinajstić information content (AvgIpc) is 2.33. The normalized spacial score (nSPS) is 10.4. The van der Waals surface area contributed by atoms with Crippen LogP contribution < -0.4 is 0 Å². The molecule has 0 aliphatic heterocycles. The van der Waals surface area contributed by atoms with Gasteiger partial charge >= 0.3 is 0 Å². The van der Waals surface area contributed by atoms with E-state index < -0.39 is 0 Å². The molecule has 16 heavy (non-hydrogen) atoms. The molecule has 0 unspecified atom stereocenters. The molecule has 0 saturated heterocycles. The maximum atomic E-state index is 12.7. The zero-order chi connectivity index (χ0) is 11.4. The van der Waals surface area contributed by atoms with Gasteiger partial charge in [-0.15, -0.1) is 11.8 Å². The summed E-state index contributed by atoms with van der Waals surface area (Å²) < 4.78 is 12.7. The Balaban J connectivity index is 2.11. The molecule has 0 bridgehead atoms. The van der Waals surface area contributed by atoms with E-state index in [2.05, 4.69) is 30.5 Å². The summed E-state index contributed by atoms with van der Waals surface area (Å²) in [6.07, 6.45) is 2.06. The number of hydrogen-bond donors (Lipinski definition) is 0. The van der Waals surface area contributed by atoms with E-state index in [0.29, 0.717) is 0 Å². The molecule has 2 rings (SSSR count). The topological polar surface area (TPSA) is 0 Å². The van der Waals surface area contributed by atoms with Crippen molar-refractivity contribution in [2.45, 2.75) is 14.7 Å². The molecule has 0 heterocycles. The third-order valence-corrected chi connectivity index (χ3v) is 3.87. The molecule has 0 fully saturated rings. The van der Waals surface area contributed by atoms with Gasteiger partial charge in [0.05, 0.1) is 0 Å². The Morgan fingerprint density at radius 3 is 1.69 bits per heavy atom. The van der Waals surface area contributed by atoms with E-state index in [4.69, 9.17) is 0 Å². The molecule has 0 aliphatic carbocycles. The van der Waals surface area contributed by atoms with Gasteiger partial charge in [-0.2, -0.15) is 0 Å². The molecule has 82 valence electrons. The van der Waals surface area contributed by atoms with Crippen LogP contribution in [-0.2, 0) is 0 Å². The van der Waals surface area contributed by atoms with Crippen LogP contribution >= 0.6 is 23.5 Å². The van der Waals surface area contributed by atoms with E-state index in [9.17, 15) is 4.39 Å². The Morgan fingerprint density at radius 1 is 0.750 bits per heavy atom. The molecule has 0 spiro atoms. The first kappa shape index (κ1) is 11.6. The lowest BCUT2D eigenvalue weighted by atomic mass is 10.3. The highest BCUT2D eigenvalue weighted by molar-refractivity contribution is 7.99. The van der Waals surface area contributed by atoms with Crippen LogP contribution in [-0.4, -0.2) is 6.26 Å². The second kappa shape index (κ2) is 5.41. The van der Waals surface area contributed by atoms with Gasteiger partial charge in [-0.05, 0) is 54.8 Å². The SMILES string of the molecule is CSc1ccc(Sc2ccc(F)cc2)cc1. The minimum atomic E-state index is -0.193. The summed E-state index contributed by atoms with van der Waals surface area (Å²) in [6, 6.07) is 14.9. The molecule has 0 nitrogen and oxygen atoms in total. The summed E-state index contributed by atoms with van der Waals surface area (Å²) in [4.78, 5) is 3.48. The van der Waals surface area contributed by atoms with Gasteiger partial charge in [-0.1, -0.05) is 11.8 Å². The first-order valence-corrected chi connectivity index (χ1v) is 6.89. The van der Waals surface area contributed by atoms with Crippen LogP contribution in [0, 0.1) is 5.82 Å². The number of thioether (sulfide) groups is 1. The Morgan fingerprint density at radius 2 is 1.19 bits per heavy atom. The van der Waals surface area contributed by atoms with E-state index in [1.807, 2.05) is 0 Å². The van der Waals surface area contributed by atoms with E-state index >= 15 is 0 Å². The van der Waals surface area contributed by atoms with Gasteiger partial charge in [0.15, 0.2) is 0 Å². The van der Waals surface area contributed by atoms with Crippen LogP contribution in [0.5, 0.6) is 0 Å². The zero-order valence-electron chi connectivity index (χ0n) is 8.81. The lowest BCUT2D eigenvalue weighted by Crippen LogP contribution is -1.76. The number of benzene rings is 2. The van der Waals surface area contributed by atoms with E-state index in [0.717, 1.165) is 4.90 Å². The quantitative estimate of drug-likeness (QED) is 0.724. The molecular weight excluding hydrogens is 239 g/mol. The van der Waals surface area contributed by atoms with Gasteiger partial charge in [0.25, 0.3) is 0 Å². The highest BCUT2D eigenvalue weighted by Gasteiger charge is 1.98. The fourth-order valence-electron chi connectivity index (χ4n) is 1.28. The molecule has 0 atom stereocenters. The summed E-state index contributed by atoms with van der Waals surface area (Å²) in [5, 5.41) is 0. The Hall–Kier alpha value is -0.930. The van der Waals surface area contributed by atoms with Gasteiger partial charge in [0.1, 0.15) is 5.82 Å². The van der Waals surface area contributed by atoms with Crippen molar-refractivity contribution in [1.29, 1.82) is 0 Å². The second-order valence-electron chi connectivity index (χ2n) is 3.23. The average molecular weight is 250 g/mol. The predicted octanol–water partition coefficient (Wildman–Crippen LogP) is 4.70. The number of hydrogen-bond acceptors (Lipinski definition) is 2. The van der Waals surface area contributed by atoms with E-state index in [-0.39, 0.29) is 5.82 Å². The zero-order valence-corrected chi connectivity index (χ0v) is 10.4. The Labute approximate surface area is 103 Å². The molecule has 0 aliphatic rings. The Kier molecular flexibility index (Phi) is 3.91. The molecule has 0 aromatic heterocycles. The van der Waals surface area contributed by atoms with Crippen molar-refractivity contribution in [1.82, 2.24) is 0 Å². The van der Waals surface area contributed by atoms with Crippen molar-refractivity contribution in [2.75, 3.05) is 6.26 Å². The van der Waals surface area contributed by atoms with Crippen LogP contribution in [0.15, 0.2) is 63.2 Å². The summed E-state index contributed by atoms with van der Waals surface area (Å²) in [5.41, 5.74) is 0. The predicted molar refractivity (Wildman–Crippen MR) is 68.7 cm³/mol. The molecule has 0 saturated carbocycles. The lowest BCUT2D eigenvalue weighted by Gasteiger charge is -2.02. The molecule has 0 N–H and O–H groups in total. The second-order valence-corrected chi connectivity index (χ2v) is 5.26. The van der Waals surface area contributed by atoms with Crippen molar-refractivity contribution >= 4 is 23.5 Å². The molecule has 2 aromatic carbocycles. The summed E-state index contributed by atoms with van der Waals surface area (Å²) in [6.45, 7) is 0.